The maximum absolute atomic E-state index is 13.8. The van der Waals surface area contributed by atoms with E-state index in [1.807, 2.05) is 45.0 Å². The van der Waals surface area contributed by atoms with Gasteiger partial charge in [-0.3, -0.25) is 19.2 Å². The molecular formula is C29H36N4O6S. The Balaban J connectivity index is 1.54. The van der Waals surface area contributed by atoms with Crippen molar-refractivity contribution in [1.29, 1.82) is 0 Å². The van der Waals surface area contributed by atoms with Crippen molar-refractivity contribution in [1.82, 2.24) is 15.1 Å². The number of Topliss-reactive ketones (excluding diaryl/α,β-unsaturated/α-hetero) is 1. The van der Waals surface area contributed by atoms with Crippen molar-refractivity contribution >= 4 is 39.0 Å². The number of hydrogen-bond donors (Lipinski definition) is 1. The number of anilines is 1. The SMILES string of the molecule is CC(C)C[C@H](NC(=O)c1ccc(N(C)C)cc1)C(=O)N1CCC2[C@H]1C(=O)CN2C(=O)c1ccccc1S(C)(=O)=O. The molecule has 0 aromatic heterocycles. The number of likely N-dealkylation sites (tertiary alicyclic amines) is 2. The van der Waals surface area contributed by atoms with Crippen LogP contribution < -0.4 is 10.2 Å². The van der Waals surface area contributed by atoms with Crippen molar-refractivity contribution in [3.05, 3.63) is 59.7 Å². The third-order valence-electron chi connectivity index (χ3n) is 7.44. The van der Waals surface area contributed by atoms with Crippen LogP contribution in [-0.2, 0) is 19.4 Å². The fourth-order valence-electron chi connectivity index (χ4n) is 5.51. The van der Waals surface area contributed by atoms with Crippen molar-refractivity contribution in [3.63, 3.8) is 0 Å². The van der Waals surface area contributed by atoms with Crippen molar-refractivity contribution in [3.8, 4) is 0 Å². The molecule has 1 unspecified atom stereocenters. The van der Waals surface area contributed by atoms with E-state index in [1.165, 1.54) is 21.9 Å². The number of amides is 3. The van der Waals surface area contributed by atoms with Crippen LogP contribution in [0.25, 0.3) is 0 Å². The number of carbonyl (C=O) groups is 4. The minimum Gasteiger partial charge on any atom is -0.378 e. The highest BCUT2D eigenvalue weighted by Gasteiger charge is 2.52. The summed E-state index contributed by atoms with van der Waals surface area (Å²) in [5.41, 5.74) is 1.37. The number of nitrogens with zero attached hydrogens (tertiary/aromatic N) is 3. The van der Waals surface area contributed by atoms with Crippen LogP contribution in [0, 0.1) is 5.92 Å². The summed E-state index contributed by atoms with van der Waals surface area (Å²) in [6.45, 7) is 3.94. The zero-order chi connectivity index (χ0) is 29.4. The molecule has 1 N–H and O–H groups in total. The van der Waals surface area contributed by atoms with E-state index in [0.29, 0.717) is 18.4 Å². The van der Waals surface area contributed by atoms with Gasteiger partial charge in [0, 0.05) is 38.1 Å². The lowest BCUT2D eigenvalue weighted by Gasteiger charge is -2.29. The summed E-state index contributed by atoms with van der Waals surface area (Å²) < 4.78 is 24.6. The molecule has 2 heterocycles. The van der Waals surface area contributed by atoms with Gasteiger partial charge in [-0.15, -0.1) is 0 Å². The van der Waals surface area contributed by atoms with Gasteiger partial charge in [-0.05, 0) is 55.2 Å². The molecule has 0 aliphatic carbocycles. The van der Waals surface area contributed by atoms with Gasteiger partial charge in [-0.1, -0.05) is 26.0 Å². The number of ketones is 1. The van der Waals surface area contributed by atoms with E-state index >= 15 is 0 Å². The fourth-order valence-corrected chi connectivity index (χ4v) is 6.39. The molecule has 0 bridgehead atoms. The Kier molecular flexibility index (Phi) is 8.34. The molecule has 3 atom stereocenters. The first-order valence-corrected chi connectivity index (χ1v) is 15.2. The summed E-state index contributed by atoms with van der Waals surface area (Å²) in [6, 6.07) is 10.7. The Morgan fingerprint density at radius 2 is 1.68 bits per heavy atom. The summed E-state index contributed by atoms with van der Waals surface area (Å²) >= 11 is 0. The summed E-state index contributed by atoms with van der Waals surface area (Å²) in [6.07, 6.45) is 1.79. The molecule has 4 rings (SSSR count). The van der Waals surface area contributed by atoms with Crippen LogP contribution in [0.2, 0.25) is 0 Å². The van der Waals surface area contributed by atoms with E-state index in [1.54, 1.807) is 24.3 Å². The van der Waals surface area contributed by atoms with Gasteiger partial charge in [0.2, 0.25) is 5.91 Å². The van der Waals surface area contributed by atoms with E-state index in [-0.39, 0.29) is 47.1 Å². The molecular weight excluding hydrogens is 532 g/mol. The van der Waals surface area contributed by atoms with Gasteiger partial charge < -0.3 is 20.0 Å². The first kappa shape index (κ1) is 29.3. The Morgan fingerprint density at radius 3 is 2.27 bits per heavy atom. The van der Waals surface area contributed by atoms with E-state index in [9.17, 15) is 27.6 Å². The lowest BCUT2D eigenvalue weighted by molar-refractivity contribution is -0.138. The number of rotatable bonds is 8. The van der Waals surface area contributed by atoms with E-state index < -0.39 is 33.9 Å². The Morgan fingerprint density at radius 1 is 1.02 bits per heavy atom. The smallest absolute Gasteiger partial charge is 0.255 e. The predicted octanol–water partition coefficient (Wildman–Crippen LogP) is 2.00. The highest BCUT2D eigenvalue weighted by atomic mass is 32.2. The quantitative estimate of drug-likeness (QED) is 0.517. The topological polar surface area (TPSA) is 124 Å². The monoisotopic (exact) mass is 568 g/mol. The number of carbonyl (C=O) groups excluding carboxylic acids is 4. The Hall–Kier alpha value is -3.73. The van der Waals surface area contributed by atoms with Crippen LogP contribution in [0.3, 0.4) is 0 Å². The van der Waals surface area contributed by atoms with E-state index in [0.717, 1.165) is 11.9 Å². The highest BCUT2D eigenvalue weighted by molar-refractivity contribution is 7.90. The van der Waals surface area contributed by atoms with Gasteiger partial charge in [0.05, 0.1) is 23.0 Å². The minimum absolute atomic E-state index is 0.00783. The van der Waals surface area contributed by atoms with Gasteiger partial charge in [0.1, 0.15) is 12.1 Å². The van der Waals surface area contributed by atoms with Crippen molar-refractivity contribution < 1.29 is 27.6 Å². The van der Waals surface area contributed by atoms with Crippen molar-refractivity contribution in [2.45, 2.75) is 49.7 Å². The molecule has 3 amide bonds. The van der Waals surface area contributed by atoms with E-state index in [2.05, 4.69) is 5.32 Å². The zero-order valence-electron chi connectivity index (χ0n) is 23.5. The average Bonchev–Trinajstić information content (AvgIpc) is 3.48. The van der Waals surface area contributed by atoms with Crippen LogP contribution in [0.4, 0.5) is 5.69 Å². The number of nitrogens with one attached hydrogen (secondary N) is 1. The molecule has 2 aliphatic heterocycles. The summed E-state index contributed by atoms with van der Waals surface area (Å²) in [5, 5.41) is 2.87. The normalized spacial score (nSPS) is 19.5. The molecule has 0 saturated carbocycles. The molecule has 10 nitrogen and oxygen atoms in total. The number of benzene rings is 2. The second-order valence-corrected chi connectivity index (χ2v) is 13.1. The maximum Gasteiger partial charge on any atom is 0.255 e. The van der Waals surface area contributed by atoms with Crippen LogP contribution in [-0.4, -0.2) is 93.3 Å². The van der Waals surface area contributed by atoms with Crippen LogP contribution in [0.5, 0.6) is 0 Å². The molecule has 2 fully saturated rings. The van der Waals surface area contributed by atoms with Crippen LogP contribution in [0.15, 0.2) is 53.4 Å². The van der Waals surface area contributed by atoms with E-state index in [4.69, 9.17) is 0 Å². The molecule has 40 heavy (non-hydrogen) atoms. The molecule has 2 saturated heterocycles. The summed E-state index contributed by atoms with van der Waals surface area (Å²) in [7, 11) is 0.132. The van der Waals surface area contributed by atoms with Crippen molar-refractivity contribution in [2.75, 3.05) is 38.3 Å². The summed E-state index contributed by atoms with van der Waals surface area (Å²) in [5.74, 6) is -1.49. The fraction of sp³-hybridized carbons (Fsp3) is 0.448. The predicted molar refractivity (Wildman–Crippen MR) is 151 cm³/mol. The van der Waals surface area contributed by atoms with Gasteiger partial charge in [-0.2, -0.15) is 0 Å². The van der Waals surface area contributed by atoms with Gasteiger partial charge in [-0.25, -0.2) is 8.42 Å². The molecule has 2 aromatic carbocycles. The lowest BCUT2D eigenvalue weighted by Crippen LogP contribution is -2.53. The van der Waals surface area contributed by atoms with Gasteiger partial charge in [0.15, 0.2) is 15.6 Å². The number of sulfone groups is 1. The molecule has 2 aliphatic rings. The standard InChI is InChI=1S/C29H36N4O6S/c1-18(2)16-22(30-27(35)19-10-12-20(13-11-19)31(3)4)29(37)32-15-14-23-26(32)24(34)17-33(23)28(36)21-8-6-7-9-25(21)40(5,38)39/h6-13,18,22-23,26H,14-17H2,1-5H3,(H,30,35)/t22-,23?,26-/m0/s1. The summed E-state index contributed by atoms with van der Waals surface area (Å²) in [4.78, 5) is 58.2. The van der Waals surface area contributed by atoms with Crippen molar-refractivity contribution in [2.24, 2.45) is 5.92 Å². The number of fused-ring (bicyclic) bond motifs is 1. The van der Waals surface area contributed by atoms with Gasteiger partial charge >= 0.3 is 0 Å². The molecule has 214 valence electrons. The molecule has 2 aromatic rings. The Labute approximate surface area is 235 Å². The molecule has 0 spiro atoms. The third-order valence-corrected chi connectivity index (χ3v) is 8.59. The first-order chi connectivity index (χ1) is 18.8. The third kappa shape index (κ3) is 5.89. The molecule has 0 radical (unpaired) electrons. The zero-order valence-corrected chi connectivity index (χ0v) is 24.3. The highest BCUT2D eigenvalue weighted by Crippen LogP contribution is 2.32. The number of hydrogen-bond acceptors (Lipinski definition) is 7. The second kappa shape index (κ2) is 11.4. The molecule has 11 heteroatoms. The van der Waals surface area contributed by atoms with Crippen LogP contribution in [0.1, 0.15) is 47.4 Å². The van der Waals surface area contributed by atoms with Crippen LogP contribution >= 0.6 is 0 Å². The largest absolute Gasteiger partial charge is 0.378 e. The first-order valence-electron chi connectivity index (χ1n) is 13.3. The average molecular weight is 569 g/mol. The van der Waals surface area contributed by atoms with Gasteiger partial charge in [0.25, 0.3) is 11.8 Å². The lowest BCUT2D eigenvalue weighted by atomic mass is 10.0. The minimum atomic E-state index is -3.67. The maximum atomic E-state index is 13.8. The second-order valence-electron chi connectivity index (χ2n) is 11.1. The Bertz CT molecular complexity index is 1420.